The molecule has 5 aliphatic rings. The molecule has 5 saturated carbocycles. The van der Waals surface area contributed by atoms with E-state index in [2.05, 4.69) is 211 Å². The Morgan fingerprint density at radius 2 is 0.830 bits per heavy atom. The fourth-order valence-corrected chi connectivity index (χ4v) is 19.9. The SMILES string of the molecule is CC(=O)C=C(C)O.CC(=O)C=C(C)O.CC1(Cc2cc(-c3[c-]cccc3)nc3ccccc23)CCCC1.CC1(Cc2cnc(-c3[c-]cccc3)c3ccccc23)CCCCC1.CC1(c2ccnc(-c3[c-]ccc(F)c3)c2)CCCCCC1.CC1(c2cnn(-c3[c-]cccc3)c2)CCCCC1.[C-]#[N+]c1cc[c-]c(-c2cc(CC3(C)CCCCCCC3)ccn2)c1.[Ir].[Ir].[Ir].[Ir].[Ir].[c-]1ccccc1-c1ccccn1. The van der Waals surface area contributed by atoms with Gasteiger partial charge in [0.2, 0.25) is 0 Å². The van der Waals surface area contributed by atoms with Gasteiger partial charge in [-0.05, 0) is 230 Å². The average molecular weight is 2770 g/mol. The topological polar surface area (TPSA) is 161 Å². The first-order valence-electron chi connectivity index (χ1n) is 49.2. The Bertz CT molecular complexity index is 6130. The number of allylic oxidation sites excluding steroid dienone is 4. The second-order valence-corrected chi connectivity index (χ2v) is 39.2. The average Bonchev–Trinajstić information content (AvgIpc) is 1.78. The van der Waals surface area contributed by atoms with Gasteiger partial charge in [0.15, 0.2) is 11.6 Å². The van der Waals surface area contributed by atoms with Crippen LogP contribution in [0.15, 0.2) is 291 Å². The van der Waals surface area contributed by atoms with E-state index >= 15 is 0 Å². The number of pyridine rings is 5. The molecule has 0 unspecified atom stereocenters. The number of rotatable bonds is 16. The Labute approximate surface area is 906 Å². The molecule has 141 heavy (non-hydrogen) atoms. The molecule has 0 atom stereocenters. The number of nitrogens with zero attached hydrogens (tertiary/aromatic N) is 8. The summed E-state index contributed by atoms with van der Waals surface area (Å²) in [6, 6.07) is 95.3. The molecule has 5 radical (unpaired) electrons. The van der Waals surface area contributed by atoms with Crippen LogP contribution in [0.4, 0.5) is 10.1 Å². The smallest absolute Gasteiger partial charge is 0.155 e. The molecule has 0 saturated heterocycles. The van der Waals surface area contributed by atoms with E-state index in [0.717, 1.165) is 86.8 Å². The molecular formula is C123H135FIr5N8O4-6. The van der Waals surface area contributed by atoms with Gasteiger partial charge in [0.25, 0.3) is 0 Å². The van der Waals surface area contributed by atoms with Crippen molar-refractivity contribution in [1.29, 1.82) is 0 Å². The van der Waals surface area contributed by atoms with Gasteiger partial charge in [0.1, 0.15) is 5.69 Å². The monoisotopic (exact) mass is 2770 g/mol. The number of hydrogen-bond acceptors (Lipinski definition) is 10. The molecule has 0 bridgehead atoms. The van der Waals surface area contributed by atoms with Crippen LogP contribution >= 0.6 is 0 Å². The van der Waals surface area contributed by atoms with Crippen molar-refractivity contribution in [3.63, 3.8) is 0 Å². The van der Waals surface area contributed by atoms with Crippen molar-refractivity contribution >= 4 is 38.9 Å². The minimum atomic E-state index is -0.239. The third-order valence-electron chi connectivity index (χ3n) is 27.3. The zero-order chi connectivity index (χ0) is 96.0. The minimum Gasteiger partial charge on any atom is -0.512 e. The molecule has 19 rings (SSSR count). The molecule has 6 heterocycles. The summed E-state index contributed by atoms with van der Waals surface area (Å²) in [5.74, 6) is -0.364. The van der Waals surface area contributed by atoms with Gasteiger partial charge in [0, 0.05) is 155 Å². The summed E-state index contributed by atoms with van der Waals surface area (Å²) >= 11 is 0. The molecule has 0 aliphatic heterocycles. The number of fused-ring (bicyclic) bond motifs is 2. The van der Waals surface area contributed by atoms with Crippen molar-refractivity contribution in [2.75, 3.05) is 0 Å². The van der Waals surface area contributed by atoms with Gasteiger partial charge in [-0.1, -0.05) is 222 Å². The third-order valence-corrected chi connectivity index (χ3v) is 27.3. The number of ketones is 2. The summed E-state index contributed by atoms with van der Waals surface area (Å²) in [5, 5.41) is 25.1. The van der Waals surface area contributed by atoms with E-state index in [0.29, 0.717) is 27.3 Å². The number of benzene rings is 8. The van der Waals surface area contributed by atoms with Crippen molar-refractivity contribution in [3.05, 3.63) is 373 Å². The van der Waals surface area contributed by atoms with E-state index in [1.54, 1.807) is 18.3 Å². The summed E-state index contributed by atoms with van der Waals surface area (Å²) in [6.07, 6.45) is 53.8. The number of carbonyl (C=O) groups is 2. The van der Waals surface area contributed by atoms with Gasteiger partial charge in [-0.2, -0.15) is 35.4 Å². The first kappa shape index (κ1) is 118. The molecule has 14 aromatic rings. The molecule has 6 aromatic heterocycles. The molecule has 5 fully saturated rings. The van der Waals surface area contributed by atoms with Crippen LogP contribution in [0.5, 0.6) is 0 Å². The van der Waals surface area contributed by atoms with Crippen molar-refractivity contribution in [1.82, 2.24) is 34.7 Å². The number of hydrogen-bond donors (Lipinski definition) is 2. The zero-order valence-electron chi connectivity index (χ0n) is 83.1. The Balaban J connectivity index is 0.000000224. The van der Waals surface area contributed by atoms with Crippen molar-refractivity contribution in [2.24, 2.45) is 16.2 Å². The number of para-hydroxylation sites is 2. The zero-order valence-corrected chi connectivity index (χ0v) is 95.1. The van der Waals surface area contributed by atoms with Crippen LogP contribution in [-0.4, -0.2) is 56.5 Å². The molecule has 12 nitrogen and oxygen atoms in total. The van der Waals surface area contributed by atoms with Gasteiger partial charge < -0.3 is 30.1 Å². The van der Waals surface area contributed by atoms with Gasteiger partial charge in [-0.3, -0.25) is 24.1 Å². The second kappa shape index (κ2) is 60.2. The third kappa shape index (κ3) is 37.5. The van der Waals surface area contributed by atoms with E-state index in [1.165, 1.54) is 269 Å². The Morgan fingerprint density at radius 3 is 1.35 bits per heavy atom. The molecule has 749 valence electrons. The number of aromatic nitrogens is 7. The predicted octanol–water partition coefficient (Wildman–Crippen LogP) is 32.2. The summed E-state index contributed by atoms with van der Waals surface area (Å²) in [5.41, 5.74) is 21.1. The summed E-state index contributed by atoms with van der Waals surface area (Å²) in [6.45, 7) is 25.0. The number of carbonyl (C=O) groups excluding carboxylic acids is 2. The normalized spacial score (nSPS) is 15.7. The fraction of sp³-hybridized carbons (Fsp3) is 0.358. The standard InChI is InChI=1S/C23H24N.C22H25N2.C22H22N.C19H21FN.C16H19N2.C11H8N.2C5H8O2.5Ir/c1-23(14-8-3-9-15-23)16-19-17-24-22(18-10-4-2-5-11-18)21-13-7-6-12-20(19)21;1-22(12-6-4-3-5-7-13-22)17-18-11-14-24-21(15-18)19-9-8-10-20(16-19)23-2;1-22(13-7-8-14-22)16-18-15-21(17-9-3-2-4-10-17)23-20-12-6-5-11-19(18)20;1-19(10-4-2-3-5-11-19)16-9-12-21-18(14-16)15-7-6-8-17(20)13-15;1-16(10-6-3-7-11-16)14-12-17-18(13-14)15-8-4-2-5-9-15;1-2-6-10(7-3-1)11-8-4-5-9-12-11;2*1-4(6)3-5(2)7;;;;;/h2,4-7,10,12-13,17H,3,8-9,14-16H2,1H3;8,10-11,14-16H,3-7,12-13,17H2,1H3;2-6,9,11-12,15H,7-8,13-14,16H2,1H3;6,8-9,12-14H,2-5,10-11H2,1H3;2,4-5,8,12-13H,3,6-7,10-11H2,1H3;1-6,8-9H;2*3,6H,1-2H3;;;;;/q6*-1;;;;;;;. The van der Waals surface area contributed by atoms with Gasteiger partial charge in [0.05, 0.1) is 29.8 Å². The largest absolute Gasteiger partial charge is 0.512 e. The molecular weight excluding hydrogens is 2630 g/mol. The van der Waals surface area contributed by atoms with E-state index in [1.807, 2.05) is 126 Å². The molecule has 0 amide bonds. The maximum absolute atomic E-state index is 13.4. The van der Waals surface area contributed by atoms with E-state index < -0.39 is 0 Å². The maximum atomic E-state index is 13.4. The molecule has 0 spiro atoms. The van der Waals surface area contributed by atoms with Crippen LogP contribution in [0, 0.1) is 65.0 Å². The molecule has 5 aliphatic carbocycles. The van der Waals surface area contributed by atoms with Gasteiger partial charge in [-0.15, -0.1) is 167 Å². The maximum Gasteiger partial charge on any atom is 0.155 e. The summed E-state index contributed by atoms with van der Waals surface area (Å²) in [7, 11) is 0. The van der Waals surface area contributed by atoms with E-state index in [4.69, 9.17) is 26.8 Å². The van der Waals surface area contributed by atoms with Crippen molar-refractivity contribution in [3.8, 4) is 62.0 Å². The Hall–Kier alpha value is -9.67. The van der Waals surface area contributed by atoms with Gasteiger partial charge >= 0.3 is 0 Å². The second-order valence-electron chi connectivity index (χ2n) is 39.2. The first-order valence-corrected chi connectivity index (χ1v) is 49.2. The van der Waals surface area contributed by atoms with Crippen LogP contribution < -0.4 is 0 Å². The minimum absolute atomic E-state index is 0. The first-order chi connectivity index (χ1) is 65.8. The fourth-order valence-electron chi connectivity index (χ4n) is 19.9. The van der Waals surface area contributed by atoms with E-state index in [9.17, 15) is 14.0 Å². The molecule has 8 aromatic carbocycles. The predicted molar refractivity (Wildman–Crippen MR) is 555 cm³/mol. The van der Waals surface area contributed by atoms with Crippen LogP contribution in [-0.2, 0) is 140 Å². The molecule has 2 N–H and O–H groups in total. The van der Waals surface area contributed by atoms with Crippen LogP contribution in [0.25, 0.3) is 88.5 Å². The summed E-state index contributed by atoms with van der Waals surface area (Å²) in [4.78, 5) is 46.4. The van der Waals surface area contributed by atoms with Crippen molar-refractivity contribution < 1.29 is 125 Å². The van der Waals surface area contributed by atoms with Crippen molar-refractivity contribution in [2.45, 2.75) is 266 Å². The number of aliphatic hydroxyl groups excluding tert-OH is 2. The van der Waals surface area contributed by atoms with Crippen LogP contribution in [0.3, 0.4) is 0 Å². The number of halogens is 1. The van der Waals surface area contributed by atoms with Crippen LogP contribution in [0.1, 0.15) is 263 Å². The quantitative estimate of drug-likeness (QED) is 0.0412. The Morgan fingerprint density at radius 1 is 0.390 bits per heavy atom. The van der Waals surface area contributed by atoms with Gasteiger partial charge in [-0.25, -0.2) is 4.39 Å². The summed E-state index contributed by atoms with van der Waals surface area (Å²) < 4.78 is 15.3. The van der Waals surface area contributed by atoms with E-state index in [-0.39, 0.29) is 135 Å². The number of aliphatic hydroxyl groups is 2. The van der Waals surface area contributed by atoms with Crippen LogP contribution in [0.2, 0.25) is 0 Å². The Kier molecular flexibility index (Phi) is 50.5. The molecule has 18 heteroatoms.